The maximum absolute atomic E-state index is 10.6. The van der Waals surface area contributed by atoms with Gasteiger partial charge in [0.1, 0.15) is 0 Å². The minimum atomic E-state index is -0.823. The van der Waals surface area contributed by atoms with Crippen molar-refractivity contribution in [1.29, 1.82) is 0 Å². The summed E-state index contributed by atoms with van der Waals surface area (Å²) in [5.41, 5.74) is 6.61. The first-order valence-electron chi connectivity index (χ1n) is 5.48. The lowest BCUT2D eigenvalue weighted by molar-refractivity contribution is 0.0125. The van der Waals surface area contributed by atoms with Crippen molar-refractivity contribution in [1.82, 2.24) is 0 Å². The van der Waals surface area contributed by atoms with Crippen LogP contribution in [0, 0.1) is 0 Å². The normalized spacial score (nSPS) is 24.2. The van der Waals surface area contributed by atoms with E-state index in [1.165, 1.54) is 0 Å². The SMILES string of the molecule is NCCC1(O)CCCc2c1ccc(Cl)c2Cl. The lowest BCUT2D eigenvalue weighted by Gasteiger charge is -2.35. The van der Waals surface area contributed by atoms with Crippen LogP contribution in [-0.2, 0) is 12.0 Å². The molecule has 1 atom stereocenters. The molecule has 0 spiro atoms. The molecule has 0 saturated heterocycles. The van der Waals surface area contributed by atoms with Gasteiger partial charge in [0.2, 0.25) is 0 Å². The van der Waals surface area contributed by atoms with E-state index < -0.39 is 5.60 Å². The van der Waals surface area contributed by atoms with Crippen molar-refractivity contribution in [2.45, 2.75) is 31.3 Å². The highest BCUT2D eigenvalue weighted by molar-refractivity contribution is 6.42. The number of halogens is 2. The fourth-order valence-electron chi connectivity index (χ4n) is 2.46. The van der Waals surface area contributed by atoms with Crippen molar-refractivity contribution >= 4 is 23.2 Å². The molecule has 0 amide bonds. The number of fused-ring (bicyclic) bond motifs is 1. The molecule has 1 aromatic carbocycles. The zero-order valence-electron chi connectivity index (χ0n) is 8.97. The first-order chi connectivity index (χ1) is 7.58. The molecule has 0 radical (unpaired) electrons. The van der Waals surface area contributed by atoms with E-state index in [2.05, 4.69) is 0 Å². The van der Waals surface area contributed by atoms with Crippen LogP contribution in [0.1, 0.15) is 30.4 Å². The summed E-state index contributed by atoms with van der Waals surface area (Å²) in [5.74, 6) is 0. The van der Waals surface area contributed by atoms with Crippen LogP contribution in [0.3, 0.4) is 0 Å². The number of aliphatic hydroxyl groups is 1. The van der Waals surface area contributed by atoms with Gasteiger partial charge in [-0.3, -0.25) is 0 Å². The molecule has 88 valence electrons. The molecular weight excluding hydrogens is 245 g/mol. The van der Waals surface area contributed by atoms with Gasteiger partial charge in [0, 0.05) is 0 Å². The lowest BCUT2D eigenvalue weighted by Crippen LogP contribution is -2.33. The molecule has 16 heavy (non-hydrogen) atoms. The smallest absolute Gasteiger partial charge is 0.0911 e. The fraction of sp³-hybridized carbons (Fsp3) is 0.500. The molecule has 1 aliphatic rings. The van der Waals surface area contributed by atoms with Gasteiger partial charge < -0.3 is 10.8 Å². The third-order valence-corrected chi connectivity index (χ3v) is 4.12. The summed E-state index contributed by atoms with van der Waals surface area (Å²) in [6.07, 6.45) is 3.11. The molecule has 1 aliphatic carbocycles. The number of rotatable bonds is 2. The Balaban J connectivity index is 2.51. The number of hydrogen-bond donors (Lipinski definition) is 2. The summed E-state index contributed by atoms with van der Waals surface area (Å²) >= 11 is 12.1. The maximum Gasteiger partial charge on any atom is 0.0911 e. The molecule has 0 aromatic heterocycles. The van der Waals surface area contributed by atoms with Gasteiger partial charge >= 0.3 is 0 Å². The van der Waals surface area contributed by atoms with Crippen LogP contribution < -0.4 is 5.73 Å². The van der Waals surface area contributed by atoms with Gasteiger partial charge in [-0.05, 0) is 49.4 Å². The molecule has 0 heterocycles. The van der Waals surface area contributed by atoms with Crippen molar-refractivity contribution in [3.63, 3.8) is 0 Å². The van der Waals surface area contributed by atoms with E-state index in [0.717, 1.165) is 30.4 Å². The quantitative estimate of drug-likeness (QED) is 0.858. The highest BCUT2D eigenvalue weighted by Crippen LogP contribution is 2.42. The highest BCUT2D eigenvalue weighted by atomic mass is 35.5. The Bertz CT molecular complexity index is 408. The fourth-order valence-corrected chi connectivity index (χ4v) is 2.90. The van der Waals surface area contributed by atoms with E-state index >= 15 is 0 Å². The Hall–Kier alpha value is -0.280. The molecule has 2 nitrogen and oxygen atoms in total. The molecule has 1 aromatic rings. The third kappa shape index (κ3) is 1.95. The summed E-state index contributed by atoms with van der Waals surface area (Å²) < 4.78 is 0. The van der Waals surface area contributed by atoms with E-state index in [4.69, 9.17) is 28.9 Å². The van der Waals surface area contributed by atoms with Gasteiger partial charge in [-0.25, -0.2) is 0 Å². The minimum Gasteiger partial charge on any atom is -0.385 e. The molecule has 2 rings (SSSR count). The largest absolute Gasteiger partial charge is 0.385 e. The van der Waals surface area contributed by atoms with Gasteiger partial charge in [-0.15, -0.1) is 0 Å². The Morgan fingerprint density at radius 3 is 2.81 bits per heavy atom. The van der Waals surface area contributed by atoms with E-state index in [-0.39, 0.29) is 0 Å². The first-order valence-corrected chi connectivity index (χ1v) is 6.24. The Morgan fingerprint density at radius 2 is 2.12 bits per heavy atom. The van der Waals surface area contributed by atoms with E-state index in [0.29, 0.717) is 23.0 Å². The van der Waals surface area contributed by atoms with Crippen molar-refractivity contribution in [2.24, 2.45) is 5.73 Å². The number of nitrogens with two attached hydrogens (primary N) is 1. The zero-order chi connectivity index (χ0) is 11.8. The predicted octanol–water partition coefficient (Wildman–Crippen LogP) is 2.87. The average molecular weight is 260 g/mol. The van der Waals surface area contributed by atoms with Crippen molar-refractivity contribution in [2.75, 3.05) is 6.54 Å². The van der Waals surface area contributed by atoms with E-state index in [1.54, 1.807) is 6.07 Å². The molecule has 0 saturated carbocycles. The molecule has 1 unspecified atom stereocenters. The van der Waals surface area contributed by atoms with Gasteiger partial charge in [0.05, 0.1) is 15.6 Å². The van der Waals surface area contributed by atoms with Crippen LogP contribution in [0.15, 0.2) is 12.1 Å². The Morgan fingerprint density at radius 1 is 1.38 bits per heavy atom. The van der Waals surface area contributed by atoms with Crippen LogP contribution >= 0.6 is 23.2 Å². The van der Waals surface area contributed by atoms with Gasteiger partial charge in [0.15, 0.2) is 0 Å². The Labute approximate surface area is 105 Å². The molecule has 0 fully saturated rings. The van der Waals surface area contributed by atoms with Crippen LogP contribution in [0.4, 0.5) is 0 Å². The zero-order valence-corrected chi connectivity index (χ0v) is 10.5. The van der Waals surface area contributed by atoms with E-state index in [1.807, 2.05) is 6.07 Å². The van der Waals surface area contributed by atoms with Gasteiger partial charge in [0.25, 0.3) is 0 Å². The van der Waals surface area contributed by atoms with Crippen LogP contribution in [0.5, 0.6) is 0 Å². The number of benzene rings is 1. The molecule has 0 bridgehead atoms. The average Bonchev–Trinajstić information content (AvgIpc) is 2.24. The van der Waals surface area contributed by atoms with Crippen molar-refractivity contribution < 1.29 is 5.11 Å². The maximum atomic E-state index is 10.6. The summed E-state index contributed by atoms with van der Waals surface area (Å²) in [4.78, 5) is 0. The second-order valence-corrected chi connectivity index (χ2v) is 5.10. The standard InChI is InChI=1S/C12H15Cl2NO/c13-10-4-3-9-8(11(10)14)2-1-5-12(9,16)6-7-15/h3-4,16H,1-2,5-7,15H2. The lowest BCUT2D eigenvalue weighted by atomic mass is 9.77. The van der Waals surface area contributed by atoms with Crippen LogP contribution in [-0.4, -0.2) is 11.7 Å². The molecule has 0 aliphatic heterocycles. The van der Waals surface area contributed by atoms with Crippen LogP contribution in [0.25, 0.3) is 0 Å². The highest BCUT2D eigenvalue weighted by Gasteiger charge is 2.34. The second-order valence-electron chi connectivity index (χ2n) is 4.31. The Kier molecular flexibility index (Phi) is 3.45. The van der Waals surface area contributed by atoms with Crippen molar-refractivity contribution in [3.8, 4) is 0 Å². The van der Waals surface area contributed by atoms with Gasteiger partial charge in [-0.2, -0.15) is 0 Å². The minimum absolute atomic E-state index is 0.468. The summed E-state index contributed by atoms with van der Waals surface area (Å²) in [6.45, 7) is 0.468. The van der Waals surface area contributed by atoms with E-state index in [9.17, 15) is 5.11 Å². The molecule has 4 heteroatoms. The van der Waals surface area contributed by atoms with Gasteiger partial charge in [-0.1, -0.05) is 29.3 Å². The molecule has 3 N–H and O–H groups in total. The monoisotopic (exact) mass is 259 g/mol. The second kappa shape index (κ2) is 4.53. The topological polar surface area (TPSA) is 46.2 Å². The predicted molar refractivity (Wildman–Crippen MR) is 67.0 cm³/mol. The molecular formula is C12H15Cl2NO. The third-order valence-electron chi connectivity index (χ3n) is 3.27. The van der Waals surface area contributed by atoms with Crippen molar-refractivity contribution in [3.05, 3.63) is 33.3 Å². The summed E-state index contributed by atoms with van der Waals surface area (Å²) in [5, 5.41) is 11.7. The van der Waals surface area contributed by atoms with Crippen LogP contribution in [0.2, 0.25) is 10.0 Å². The first kappa shape index (κ1) is 12.2. The summed E-state index contributed by atoms with van der Waals surface area (Å²) in [7, 11) is 0. The summed E-state index contributed by atoms with van der Waals surface area (Å²) in [6, 6.07) is 3.62. The number of hydrogen-bond acceptors (Lipinski definition) is 2.